The maximum Gasteiger partial charge on any atom is 0.223 e. The number of fused-ring (bicyclic) bond motifs is 1. The summed E-state index contributed by atoms with van der Waals surface area (Å²) in [6.45, 7) is 4.23. The maximum atomic E-state index is 11.9. The number of thiazole rings is 1. The Bertz CT molecular complexity index is 677. The van der Waals surface area contributed by atoms with Crippen molar-refractivity contribution < 1.29 is 4.79 Å². The van der Waals surface area contributed by atoms with Crippen molar-refractivity contribution in [2.45, 2.75) is 45.4 Å². The number of rotatable bonds is 5. The number of carbonyl (C=O) groups is 1. The number of carbonyl (C=O) groups excluding carboxylic acids is 1. The predicted octanol–water partition coefficient (Wildman–Crippen LogP) is 1.77. The molecule has 2 aliphatic rings. The Hall–Kier alpha value is -1.73. The normalized spacial score (nSPS) is 18.4. The van der Waals surface area contributed by atoms with E-state index in [1.165, 1.54) is 6.42 Å². The van der Waals surface area contributed by atoms with Gasteiger partial charge in [-0.25, -0.2) is 9.97 Å². The lowest BCUT2D eigenvalue weighted by molar-refractivity contribution is -0.127. The van der Waals surface area contributed by atoms with E-state index < -0.39 is 0 Å². The quantitative estimate of drug-likeness (QED) is 0.907. The number of aromatic nitrogens is 3. The van der Waals surface area contributed by atoms with Gasteiger partial charge in [0.1, 0.15) is 10.8 Å². The van der Waals surface area contributed by atoms with Crippen molar-refractivity contribution in [2.75, 3.05) is 6.54 Å². The number of nitrogens with zero attached hydrogens (tertiary/aromatic N) is 4. The van der Waals surface area contributed by atoms with Crippen LogP contribution in [0.15, 0.2) is 17.8 Å². The van der Waals surface area contributed by atoms with E-state index in [-0.39, 0.29) is 11.8 Å². The highest BCUT2D eigenvalue weighted by Gasteiger charge is 2.25. The number of imidazole rings is 1. The molecule has 1 aliphatic heterocycles. The second kappa shape index (κ2) is 6.41. The monoisotopic (exact) mass is 331 g/mol. The largest absolute Gasteiger partial charge is 0.350 e. The molecule has 0 bridgehead atoms. The molecule has 0 aromatic carbocycles. The van der Waals surface area contributed by atoms with Gasteiger partial charge in [0.05, 0.1) is 25.3 Å². The zero-order chi connectivity index (χ0) is 15.6. The van der Waals surface area contributed by atoms with Crippen LogP contribution in [0.5, 0.6) is 0 Å². The van der Waals surface area contributed by atoms with Crippen LogP contribution in [-0.4, -0.2) is 31.9 Å². The number of nitrogens with one attached hydrogen (secondary N) is 1. The van der Waals surface area contributed by atoms with E-state index in [1.807, 2.05) is 11.6 Å². The first-order valence-corrected chi connectivity index (χ1v) is 9.09. The van der Waals surface area contributed by atoms with Crippen molar-refractivity contribution in [3.05, 3.63) is 34.3 Å². The van der Waals surface area contributed by atoms with E-state index in [0.29, 0.717) is 6.54 Å². The third-order valence-corrected chi connectivity index (χ3v) is 5.46. The Kier molecular flexibility index (Phi) is 4.13. The van der Waals surface area contributed by atoms with Gasteiger partial charge in [-0.3, -0.25) is 9.69 Å². The van der Waals surface area contributed by atoms with Crippen LogP contribution in [-0.2, 0) is 31.0 Å². The van der Waals surface area contributed by atoms with Gasteiger partial charge in [-0.15, -0.1) is 11.3 Å². The molecule has 0 unspecified atom stereocenters. The van der Waals surface area contributed by atoms with Crippen molar-refractivity contribution in [3.8, 4) is 0 Å². The van der Waals surface area contributed by atoms with Gasteiger partial charge in [0.25, 0.3) is 0 Å². The van der Waals surface area contributed by atoms with Crippen molar-refractivity contribution >= 4 is 17.2 Å². The smallest absolute Gasteiger partial charge is 0.223 e. The molecule has 23 heavy (non-hydrogen) atoms. The van der Waals surface area contributed by atoms with Crippen LogP contribution in [0.3, 0.4) is 0 Å². The van der Waals surface area contributed by atoms with E-state index >= 15 is 0 Å². The van der Waals surface area contributed by atoms with Crippen LogP contribution in [0.4, 0.5) is 0 Å². The first-order chi connectivity index (χ1) is 11.3. The average Bonchev–Trinajstić information content (AvgIpc) is 3.12. The summed E-state index contributed by atoms with van der Waals surface area (Å²) in [5, 5.41) is 6.19. The van der Waals surface area contributed by atoms with Crippen molar-refractivity contribution in [1.82, 2.24) is 24.8 Å². The Morgan fingerprint density at radius 3 is 3.04 bits per heavy atom. The van der Waals surface area contributed by atoms with Crippen LogP contribution < -0.4 is 5.32 Å². The second-order valence-electron chi connectivity index (χ2n) is 6.32. The summed E-state index contributed by atoms with van der Waals surface area (Å²) in [4.78, 5) is 23.3. The number of hydrogen-bond donors (Lipinski definition) is 1. The molecule has 3 heterocycles. The molecule has 4 rings (SSSR count). The molecule has 7 heteroatoms. The van der Waals surface area contributed by atoms with E-state index in [0.717, 1.165) is 55.5 Å². The minimum atomic E-state index is 0.188. The summed E-state index contributed by atoms with van der Waals surface area (Å²) in [6.07, 6.45) is 7.20. The molecule has 122 valence electrons. The molecule has 2 aromatic heterocycles. The molecule has 1 N–H and O–H groups in total. The highest BCUT2D eigenvalue weighted by atomic mass is 32.1. The molecule has 0 atom stereocenters. The summed E-state index contributed by atoms with van der Waals surface area (Å²) in [6, 6.07) is 0. The molecular weight excluding hydrogens is 310 g/mol. The van der Waals surface area contributed by atoms with Crippen molar-refractivity contribution in [2.24, 2.45) is 5.92 Å². The van der Waals surface area contributed by atoms with Crippen LogP contribution >= 0.6 is 11.3 Å². The standard InChI is InChI=1S/C16H21N5OS/c22-16(12-2-1-3-12)18-8-13-9-21-6-5-20(10-14(21)19-13)11-15-17-4-7-23-15/h4,7,9,12H,1-3,5-6,8,10-11H2,(H,18,22). The molecule has 6 nitrogen and oxygen atoms in total. The second-order valence-corrected chi connectivity index (χ2v) is 7.30. The Balaban J connectivity index is 1.34. The molecule has 1 aliphatic carbocycles. The zero-order valence-corrected chi connectivity index (χ0v) is 13.9. The number of hydrogen-bond acceptors (Lipinski definition) is 5. The molecule has 1 fully saturated rings. The third-order valence-electron chi connectivity index (χ3n) is 4.69. The summed E-state index contributed by atoms with van der Waals surface area (Å²) in [5.74, 6) is 1.51. The lowest BCUT2D eigenvalue weighted by Gasteiger charge is -2.26. The molecule has 1 saturated carbocycles. The van der Waals surface area contributed by atoms with Crippen molar-refractivity contribution in [3.63, 3.8) is 0 Å². The fraction of sp³-hybridized carbons (Fsp3) is 0.562. The van der Waals surface area contributed by atoms with Crippen LogP contribution in [0.25, 0.3) is 0 Å². The highest BCUT2D eigenvalue weighted by Crippen LogP contribution is 2.26. The SMILES string of the molecule is O=C(NCc1cn2c(n1)CN(Cc1nccs1)CC2)C1CCC1. The highest BCUT2D eigenvalue weighted by molar-refractivity contribution is 7.09. The Morgan fingerprint density at radius 2 is 2.30 bits per heavy atom. The van der Waals surface area contributed by atoms with Gasteiger partial charge in [-0.1, -0.05) is 6.42 Å². The summed E-state index contributed by atoms with van der Waals surface area (Å²) in [7, 11) is 0. The Labute approximate surface area is 139 Å². The van der Waals surface area contributed by atoms with E-state index in [4.69, 9.17) is 4.98 Å². The minimum Gasteiger partial charge on any atom is -0.350 e. The molecular formula is C16H21N5OS. The maximum absolute atomic E-state index is 11.9. The van der Waals surface area contributed by atoms with E-state index in [2.05, 4.69) is 26.0 Å². The third kappa shape index (κ3) is 3.30. The summed E-state index contributed by atoms with van der Waals surface area (Å²) in [5.41, 5.74) is 0.962. The fourth-order valence-electron chi connectivity index (χ4n) is 3.10. The number of amides is 1. The lowest BCUT2D eigenvalue weighted by atomic mass is 9.85. The molecule has 0 spiro atoms. The van der Waals surface area contributed by atoms with Gasteiger partial charge >= 0.3 is 0 Å². The van der Waals surface area contributed by atoms with Crippen LogP contribution in [0, 0.1) is 5.92 Å². The van der Waals surface area contributed by atoms with Crippen molar-refractivity contribution in [1.29, 1.82) is 0 Å². The van der Waals surface area contributed by atoms with Gasteiger partial charge in [0.2, 0.25) is 5.91 Å². The van der Waals surface area contributed by atoms with E-state index in [9.17, 15) is 4.79 Å². The first kappa shape index (κ1) is 14.8. The topological polar surface area (TPSA) is 63.1 Å². The fourth-order valence-corrected chi connectivity index (χ4v) is 3.75. The van der Waals surface area contributed by atoms with Gasteiger partial charge in [0.15, 0.2) is 0 Å². The lowest BCUT2D eigenvalue weighted by Crippen LogP contribution is -2.34. The van der Waals surface area contributed by atoms with Gasteiger partial charge in [-0.2, -0.15) is 0 Å². The predicted molar refractivity (Wildman–Crippen MR) is 87.6 cm³/mol. The zero-order valence-electron chi connectivity index (χ0n) is 13.1. The van der Waals surface area contributed by atoms with E-state index in [1.54, 1.807) is 11.3 Å². The first-order valence-electron chi connectivity index (χ1n) is 8.21. The van der Waals surface area contributed by atoms with Gasteiger partial charge < -0.3 is 9.88 Å². The summed E-state index contributed by atoms with van der Waals surface area (Å²) >= 11 is 1.70. The summed E-state index contributed by atoms with van der Waals surface area (Å²) < 4.78 is 2.21. The van der Waals surface area contributed by atoms with Gasteiger partial charge in [0, 0.05) is 36.8 Å². The minimum absolute atomic E-state index is 0.188. The molecule has 0 saturated heterocycles. The molecule has 2 aromatic rings. The molecule has 1 amide bonds. The van der Waals surface area contributed by atoms with Crippen LogP contribution in [0.2, 0.25) is 0 Å². The van der Waals surface area contributed by atoms with Gasteiger partial charge in [-0.05, 0) is 12.8 Å². The Morgan fingerprint density at radius 1 is 1.39 bits per heavy atom. The molecule has 0 radical (unpaired) electrons. The average molecular weight is 331 g/mol. The van der Waals surface area contributed by atoms with Crippen LogP contribution in [0.1, 0.15) is 35.8 Å².